The molecule has 0 fully saturated rings. The van der Waals surface area contributed by atoms with Gasteiger partial charge in [0.05, 0.1) is 20.4 Å². The van der Waals surface area contributed by atoms with E-state index in [1.54, 1.807) is 0 Å². The summed E-state index contributed by atoms with van der Waals surface area (Å²) in [4.78, 5) is 34.7. The number of anilines is 4. The van der Waals surface area contributed by atoms with Crippen LogP contribution in [0.2, 0.25) is 0 Å². The average Bonchev–Trinajstić information content (AvgIpc) is 3.15. The van der Waals surface area contributed by atoms with E-state index in [1.165, 1.54) is 55.5 Å². The molecule has 0 saturated carbocycles. The predicted octanol–water partition coefficient (Wildman–Crippen LogP) is -13.0. The van der Waals surface area contributed by atoms with Crippen LogP contribution in [-0.4, -0.2) is 82.7 Å². The van der Waals surface area contributed by atoms with E-state index in [9.17, 15) is 70.1 Å². The molecule has 0 atom stereocenters. The molecule has 0 spiro atoms. The van der Waals surface area contributed by atoms with Gasteiger partial charge < -0.3 is 44.0 Å². The summed E-state index contributed by atoms with van der Waals surface area (Å²) in [6, 6.07) is 15.5. The summed E-state index contributed by atoms with van der Waals surface area (Å²) in [5.74, 6) is -1.84. The molecule has 0 heterocycles. The zero-order valence-corrected chi connectivity index (χ0v) is 50.4. The molecule has 0 saturated heterocycles. The van der Waals surface area contributed by atoms with Crippen LogP contribution in [0.25, 0.3) is 21.5 Å². The van der Waals surface area contributed by atoms with Gasteiger partial charge in [-0.1, -0.05) is 12.1 Å². The summed E-state index contributed by atoms with van der Waals surface area (Å²) >= 11 is 0. The van der Waals surface area contributed by atoms with E-state index in [0.29, 0.717) is 12.1 Å². The average molecular weight is 1080 g/mol. The number of hydrogen-bond donors (Lipinski definition) is 4. The maximum absolute atomic E-state index is 13.4. The summed E-state index contributed by atoms with van der Waals surface area (Å²) in [5.41, 5.74) is -0.654. The quantitative estimate of drug-likeness (QED) is 0.0532. The van der Waals surface area contributed by atoms with Crippen molar-refractivity contribution in [1.82, 2.24) is 0 Å². The van der Waals surface area contributed by atoms with Gasteiger partial charge >= 0.3 is 174 Å². The van der Waals surface area contributed by atoms with Crippen molar-refractivity contribution in [2.24, 2.45) is 0 Å². The number of urea groups is 1. The Kier molecular flexibility index (Phi) is 23.3. The van der Waals surface area contributed by atoms with Gasteiger partial charge in [0, 0.05) is 49.7 Å². The molecule has 6 rings (SSSR count). The molecule has 0 aromatic heterocycles. The number of carbonyl (C=O) groups excluding carboxylic acids is 3. The standard InChI is InChI=1S/C36H28N4O18S5.5Na/c1-18-12-23(59(44,45)46)15-25-29(61(50,51)52)10-8-27(32(18)25)39-34(41)19-4-2-6-21(13-19)37-36(43)38-22-7-3-5-20(14-22)35(42)40-28-9-11-30(62(53,54)55)26-16-24(60(47,48)49)17-31(33(26)28)63(56,57)58;;;;;/h2-17H,1H3,(H,39,41)(H,40,42)(H2,37,38,43)(H,44,45,46)(H,47,48,49)(H,50,51,52)(H,53,54,55)(H,56,57,58);;;;;/q;5*+1/p-1. The first-order valence-corrected chi connectivity index (χ1v) is 24.2. The number of carbonyl (C=O) groups is 3. The van der Waals surface area contributed by atoms with Crippen molar-refractivity contribution in [2.45, 2.75) is 31.4 Å². The number of fused-ring (bicyclic) bond motifs is 2. The predicted molar refractivity (Wildman–Crippen MR) is 220 cm³/mol. The summed E-state index contributed by atoms with van der Waals surface area (Å²) in [6.07, 6.45) is 0. The van der Waals surface area contributed by atoms with Crippen LogP contribution in [0.1, 0.15) is 26.3 Å². The number of hydrogen-bond acceptors (Lipinski definition) is 16. The van der Waals surface area contributed by atoms with Gasteiger partial charge in [-0.25, -0.2) is 30.0 Å². The van der Waals surface area contributed by atoms with Crippen LogP contribution in [0.5, 0.6) is 0 Å². The van der Waals surface area contributed by atoms with Crippen LogP contribution in [-0.2, 0) is 50.6 Å². The number of aryl methyl sites for hydroxylation is 1. The molecule has 0 unspecified atom stereocenters. The fraction of sp³-hybridized carbons (Fsp3) is 0.0278. The van der Waals surface area contributed by atoms with Crippen LogP contribution < -0.4 is 169 Å². The number of nitrogens with one attached hydrogen (secondary N) is 4. The molecule has 6 aromatic carbocycles. The van der Waals surface area contributed by atoms with Crippen molar-refractivity contribution in [1.29, 1.82) is 0 Å². The minimum absolute atomic E-state index is 0. The van der Waals surface area contributed by atoms with Crippen molar-refractivity contribution in [2.75, 3.05) is 21.3 Å². The first-order chi connectivity index (χ1) is 29.0. The molecule has 22 nitrogen and oxygen atoms in total. The smallest absolute Gasteiger partial charge is 0.744 e. The second kappa shape index (κ2) is 24.5. The molecule has 0 aliphatic heterocycles. The van der Waals surface area contributed by atoms with E-state index in [-0.39, 0.29) is 198 Å². The van der Waals surface area contributed by atoms with E-state index in [2.05, 4.69) is 21.3 Å². The topological polar surface area (TPSA) is 385 Å². The maximum Gasteiger partial charge on any atom is 1.00 e. The van der Waals surface area contributed by atoms with Crippen molar-refractivity contribution in [3.8, 4) is 0 Å². The molecular formula is C36H27N4Na5O18S5+4. The summed E-state index contributed by atoms with van der Waals surface area (Å²) in [7, 11) is -25.9. The molecule has 0 aliphatic rings. The van der Waals surface area contributed by atoms with Gasteiger partial charge in [0.15, 0.2) is 4.90 Å². The third kappa shape index (κ3) is 15.3. The fourth-order valence-corrected chi connectivity index (χ4v) is 9.66. The minimum Gasteiger partial charge on any atom is -0.744 e. The van der Waals surface area contributed by atoms with Crippen LogP contribution >= 0.6 is 0 Å². The Labute approximate surface area is 498 Å². The Hall–Kier alpha value is -1.40. The Morgan fingerprint density at radius 1 is 0.456 bits per heavy atom. The normalized spacial score (nSPS) is 11.6. The van der Waals surface area contributed by atoms with Gasteiger partial charge in [-0.05, 0) is 97.4 Å². The summed E-state index contributed by atoms with van der Waals surface area (Å²) in [6.45, 7) is 1.41. The molecule has 6 aromatic rings. The monoisotopic (exact) mass is 1080 g/mol. The fourth-order valence-electron chi connectivity index (χ4n) is 6.35. The summed E-state index contributed by atoms with van der Waals surface area (Å²) in [5, 5.41) is 7.71. The Bertz CT molecular complexity index is 3590. The largest absolute Gasteiger partial charge is 1.00 e. The molecule has 8 N–H and O–H groups in total. The van der Waals surface area contributed by atoms with Gasteiger partial charge in [-0.3, -0.25) is 9.59 Å². The molecule has 0 aliphatic carbocycles. The van der Waals surface area contributed by atoms with E-state index >= 15 is 0 Å². The van der Waals surface area contributed by atoms with Crippen molar-refractivity contribution >= 4 is 113 Å². The molecule has 68 heavy (non-hydrogen) atoms. The number of amides is 4. The number of benzene rings is 6. The summed E-state index contributed by atoms with van der Waals surface area (Å²) < 4.78 is 171. The second-order valence-electron chi connectivity index (χ2n) is 13.2. The van der Waals surface area contributed by atoms with Crippen molar-refractivity contribution in [3.05, 3.63) is 114 Å². The molecular weight excluding hydrogens is 1050 g/mol. The van der Waals surface area contributed by atoms with Gasteiger partial charge in [-0.2, -0.15) is 0 Å². The Morgan fingerprint density at radius 2 is 0.882 bits per heavy atom. The third-order valence-corrected chi connectivity index (χ3v) is 13.3. The second-order valence-corrected chi connectivity index (χ2v) is 20.2. The number of rotatable bonds is 11. The molecule has 330 valence electrons. The van der Waals surface area contributed by atoms with E-state index in [0.717, 1.165) is 30.3 Å². The minimum atomic E-state index is -5.71. The molecule has 0 bridgehead atoms. The van der Waals surface area contributed by atoms with E-state index in [1.807, 2.05) is 0 Å². The van der Waals surface area contributed by atoms with E-state index in [4.69, 9.17) is 9.11 Å². The van der Waals surface area contributed by atoms with Gasteiger partial charge in [0.1, 0.15) is 35.2 Å². The molecule has 4 amide bonds. The van der Waals surface area contributed by atoms with Crippen LogP contribution in [0, 0.1) is 6.92 Å². The van der Waals surface area contributed by atoms with Crippen LogP contribution in [0.4, 0.5) is 27.5 Å². The van der Waals surface area contributed by atoms with Crippen molar-refractivity contribution in [3.63, 3.8) is 0 Å². The SMILES string of the molecule is Cc1cc(S(=O)(=O)[OH2+])cc2c(S(=O)(=O)[OH2+])ccc(NC(=O)c3cccc(NC(=O)Nc4cccc(C(=O)Nc5ccc(S(=O)(=O)[O-])c6cc(S(=O)(=O)[O-])cc(S(=O)(=O)[O-])c56)c4)c3)c12.[Na+].[Na+].[Na+].[Na+].[Na+]. The first kappa shape index (κ1) is 64.6. The van der Waals surface area contributed by atoms with Crippen LogP contribution in [0.15, 0.2) is 122 Å². The zero-order valence-electron chi connectivity index (χ0n) is 36.3. The maximum atomic E-state index is 13.4. The van der Waals surface area contributed by atoms with Crippen molar-refractivity contribution < 1.29 is 227 Å². The molecule has 0 radical (unpaired) electrons. The van der Waals surface area contributed by atoms with Crippen LogP contribution in [0.3, 0.4) is 0 Å². The van der Waals surface area contributed by atoms with Gasteiger partial charge in [-0.15, -0.1) is 16.8 Å². The third-order valence-electron chi connectivity index (χ3n) is 8.95. The van der Waals surface area contributed by atoms with Gasteiger partial charge in [0.2, 0.25) is 0 Å². The Morgan fingerprint density at radius 3 is 1.31 bits per heavy atom. The molecule has 32 heteroatoms. The van der Waals surface area contributed by atoms with Gasteiger partial charge in [0.25, 0.3) is 11.8 Å². The zero-order chi connectivity index (χ0) is 46.6. The first-order valence-electron chi connectivity index (χ1n) is 17.0. The van der Waals surface area contributed by atoms with E-state index < -0.39 is 109 Å². The Balaban J connectivity index is 0.00000462.